The molecule has 1 rings (SSSR count). The van der Waals surface area contributed by atoms with Crippen molar-refractivity contribution in [2.75, 3.05) is 119 Å². The molecule has 0 saturated carbocycles. The van der Waals surface area contributed by atoms with Crippen molar-refractivity contribution in [1.29, 1.82) is 0 Å². The Morgan fingerprint density at radius 1 is 0.571 bits per heavy atom. The SMILES string of the molecule is CCC(C)C(=O)[C@H](C)NC(=O)[C@@H](NC(=O)CCOCCOCCOCCOCCOCCOCCOCCOCCNC(=O)CCN1C(=O)C=CC1=O)C(C)C. The maximum Gasteiger partial charge on any atom is 0.253 e. The number of nitrogens with zero attached hydrogens (tertiary/aromatic N) is 1. The van der Waals surface area contributed by atoms with Gasteiger partial charge < -0.3 is 53.8 Å². The third-order valence-corrected chi connectivity index (χ3v) is 8.26. The van der Waals surface area contributed by atoms with E-state index in [4.69, 9.17) is 37.9 Å². The van der Waals surface area contributed by atoms with Crippen LogP contribution in [0.15, 0.2) is 12.2 Å². The van der Waals surface area contributed by atoms with E-state index in [9.17, 15) is 28.8 Å². The quantitative estimate of drug-likeness (QED) is 0.0566. The number of rotatable bonds is 37. The van der Waals surface area contributed by atoms with Crippen molar-refractivity contribution in [3.05, 3.63) is 12.2 Å². The van der Waals surface area contributed by atoms with Crippen LogP contribution in [0.2, 0.25) is 0 Å². The zero-order valence-corrected chi connectivity index (χ0v) is 34.0. The summed E-state index contributed by atoms with van der Waals surface area (Å²) < 4.78 is 43.6. The summed E-state index contributed by atoms with van der Waals surface area (Å²) in [4.78, 5) is 73.2. The molecule has 0 aromatic carbocycles. The molecule has 0 aliphatic carbocycles. The van der Waals surface area contributed by atoms with Crippen LogP contribution in [0, 0.1) is 11.8 Å². The molecule has 0 saturated heterocycles. The predicted molar refractivity (Wildman–Crippen MR) is 203 cm³/mol. The van der Waals surface area contributed by atoms with Gasteiger partial charge in [-0.3, -0.25) is 33.7 Å². The second-order valence-corrected chi connectivity index (χ2v) is 13.1. The second-order valence-electron chi connectivity index (χ2n) is 13.1. The Morgan fingerprint density at radius 2 is 0.982 bits per heavy atom. The van der Waals surface area contributed by atoms with Crippen molar-refractivity contribution in [2.24, 2.45) is 11.8 Å². The number of hydrogen-bond donors (Lipinski definition) is 3. The van der Waals surface area contributed by atoms with Gasteiger partial charge in [-0.05, 0) is 19.3 Å². The third kappa shape index (κ3) is 25.0. The van der Waals surface area contributed by atoms with Crippen LogP contribution in [0.4, 0.5) is 0 Å². The molecule has 0 bridgehead atoms. The summed E-state index contributed by atoms with van der Waals surface area (Å²) in [7, 11) is 0. The minimum absolute atomic E-state index is 0.0316. The van der Waals surface area contributed by atoms with Gasteiger partial charge in [0.2, 0.25) is 17.7 Å². The molecule has 3 N–H and O–H groups in total. The van der Waals surface area contributed by atoms with Crippen LogP contribution in [0.5, 0.6) is 0 Å². The number of ketones is 1. The number of carbonyl (C=O) groups excluding carboxylic acids is 6. The summed E-state index contributed by atoms with van der Waals surface area (Å²) >= 11 is 0. The van der Waals surface area contributed by atoms with Crippen molar-refractivity contribution >= 4 is 35.3 Å². The highest BCUT2D eigenvalue weighted by Gasteiger charge is 2.28. The van der Waals surface area contributed by atoms with E-state index in [1.807, 2.05) is 27.7 Å². The lowest BCUT2D eigenvalue weighted by atomic mass is 9.97. The summed E-state index contributed by atoms with van der Waals surface area (Å²) in [5.74, 6) is -2.08. The molecule has 0 aromatic heterocycles. The van der Waals surface area contributed by atoms with Gasteiger partial charge in [0.25, 0.3) is 11.8 Å². The lowest BCUT2D eigenvalue weighted by molar-refractivity contribution is -0.137. The number of carbonyl (C=O) groups is 6. The number of amides is 5. The Bertz CT molecular complexity index is 1150. The monoisotopic (exact) mass is 802 g/mol. The van der Waals surface area contributed by atoms with E-state index in [2.05, 4.69) is 16.0 Å². The van der Waals surface area contributed by atoms with E-state index in [0.29, 0.717) is 112 Å². The first kappa shape index (κ1) is 50.7. The molecule has 1 unspecified atom stereocenters. The van der Waals surface area contributed by atoms with Gasteiger partial charge in [-0.2, -0.15) is 0 Å². The number of Topliss-reactive ketones (excluding diaryl/α,β-unsaturated/α-hetero) is 1. The van der Waals surface area contributed by atoms with Crippen LogP contribution in [0.25, 0.3) is 0 Å². The average molecular weight is 803 g/mol. The molecule has 5 amide bonds. The van der Waals surface area contributed by atoms with E-state index < -0.39 is 23.9 Å². The fourth-order valence-electron chi connectivity index (χ4n) is 4.81. The number of hydrogen-bond acceptors (Lipinski definition) is 14. The predicted octanol–water partition coefficient (Wildman–Crippen LogP) is 0.201. The molecule has 322 valence electrons. The van der Waals surface area contributed by atoms with Crippen LogP contribution in [-0.2, 0) is 66.7 Å². The summed E-state index contributed by atoms with van der Waals surface area (Å²) in [6, 6.07) is -1.36. The van der Waals surface area contributed by atoms with Gasteiger partial charge in [-0.25, -0.2) is 0 Å². The van der Waals surface area contributed by atoms with Gasteiger partial charge in [-0.1, -0.05) is 27.7 Å². The Morgan fingerprint density at radius 3 is 1.39 bits per heavy atom. The highest BCUT2D eigenvalue weighted by Crippen LogP contribution is 2.08. The first-order valence-corrected chi connectivity index (χ1v) is 19.5. The number of nitrogens with one attached hydrogen (secondary N) is 3. The van der Waals surface area contributed by atoms with Crippen molar-refractivity contribution in [2.45, 2.75) is 66.0 Å². The standard InChI is InChI=1S/C38H66N4O14/c1-6-30(4)37(47)31(5)40-38(48)36(29(2)3)41-33(44)10-13-49-15-17-51-19-21-53-23-25-55-27-28-56-26-24-54-22-20-52-18-16-50-14-11-39-32(43)9-12-42-34(45)7-8-35(42)46/h7-8,29-31,36H,6,9-28H2,1-5H3,(H,39,43)(H,40,48)(H,41,44)/t30?,31-,36-/m0/s1. The zero-order chi connectivity index (χ0) is 41.4. The molecule has 3 atom stereocenters. The molecular formula is C38H66N4O14. The van der Waals surface area contributed by atoms with E-state index in [0.717, 1.165) is 4.90 Å². The Hall–Kier alpha value is -3.36. The molecule has 1 aliphatic heterocycles. The minimum atomic E-state index is -0.745. The molecule has 0 aromatic rings. The van der Waals surface area contributed by atoms with Gasteiger partial charge >= 0.3 is 0 Å². The fraction of sp³-hybridized carbons (Fsp3) is 0.789. The van der Waals surface area contributed by atoms with Gasteiger partial charge in [0, 0.05) is 44.0 Å². The van der Waals surface area contributed by atoms with E-state index in [-0.39, 0.29) is 61.3 Å². The van der Waals surface area contributed by atoms with Crippen LogP contribution >= 0.6 is 0 Å². The van der Waals surface area contributed by atoms with Crippen molar-refractivity contribution in [3.8, 4) is 0 Å². The number of ether oxygens (including phenoxy) is 8. The van der Waals surface area contributed by atoms with E-state index >= 15 is 0 Å². The average Bonchev–Trinajstić information content (AvgIpc) is 3.50. The second kappa shape index (κ2) is 32.7. The lowest BCUT2D eigenvalue weighted by Gasteiger charge is -2.24. The smallest absolute Gasteiger partial charge is 0.253 e. The van der Waals surface area contributed by atoms with Gasteiger partial charge in [0.05, 0.1) is 112 Å². The summed E-state index contributed by atoms with van der Waals surface area (Å²) in [5.41, 5.74) is 0. The van der Waals surface area contributed by atoms with Crippen LogP contribution in [-0.4, -0.2) is 171 Å². The zero-order valence-electron chi connectivity index (χ0n) is 34.0. The summed E-state index contributed by atoms with van der Waals surface area (Å²) in [5, 5.41) is 8.15. The summed E-state index contributed by atoms with van der Waals surface area (Å²) in [6.45, 7) is 15.6. The molecule has 1 heterocycles. The first-order valence-electron chi connectivity index (χ1n) is 19.5. The van der Waals surface area contributed by atoms with Crippen LogP contribution in [0.1, 0.15) is 53.9 Å². The molecule has 0 spiro atoms. The van der Waals surface area contributed by atoms with Crippen molar-refractivity contribution in [1.82, 2.24) is 20.9 Å². The first-order chi connectivity index (χ1) is 27.0. The Balaban J connectivity index is 1.81. The highest BCUT2D eigenvalue weighted by atomic mass is 16.6. The van der Waals surface area contributed by atoms with Crippen molar-refractivity contribution in [3.63, 3.8) is 0 Å². The summed E-state index contributed by atoms with van der Waals surface area (Å²) in [6.07, 6.45) is 3.21. The molecule has 1 aliphatic rings. The third-order valence-electron chi connectivity index (χ3n) is 8.26. The van der Waals surface area contributed by atoms with Gasteiger partial charge in [-0.15, -0.1) is 0 Å². The topological polar surface area (TPSA) is 216 Å². The Labute approximate surface area is 331 Å². The van der Waals surface area contributed by atoms with E-state index in [1.54, 1.807) is 6.92 Å². The van der Waals surface area contributed by atoms with Crippen LogP contribution in [0.3, 0.4) is 0 Å². The van der Waals surface area contributed by atoms with Gasteiger partial charge in [0.1, 0.15) is 6.04 Å². The fourth-order valence-corrected chi connectivity index (χ4v) is 4.81. The number of imide groups is 1. The normalized spacial score (nSPS) is 14.3. The molecule has 56 heavy (non-hydrogen) atoms. The maximum atomic E-state index is 12.7. The Kier molecular flexibility index (Phi) is 29.6. The van der Waals surface area contributed by atoms with Crippen molar-refractivity contribution < 1.29 is 66.7 Å². The van der Waals surface area contributed by atoms with E-state index in [1.165, 1.54) is 12.2 Å². The molecular weight excluding hydrogens is 736 g/mol. The van der Waals surface area contributed by atoms with Crippen LogP contribution < -0.4 is 16.0 Å². The molecule has 18 nitrogen and oxygen atoms in total. The molecule has 0 fully saturated rings. The largest absolute Gasteiger partial charge is 0.379 e. The maximum absolute atomic E-state index is 12.7. The lowest BCUT2D eigenvalue weighted by Crippen LogP contribution is -2.53. The molecule has 0 radical (unpaired) electrons. The van der Waals surface area contributed by atoms with Gasteiger partial charge in [0.15, 0.2) is 5.78 Å². The molecule has 18 heteroatoms. The highest BCUT2D eigenvalue weighted by molar-refractivity contribution is 6.13. The minimum Gasteiger partial charge on any atom is -0.379 e.